The van der Waals surface area contributed by atoms with E-state index in [1.807, 2.05) is 0 Å². The molecular formula is C19H36N2O4S2. The number of likely N-dealkylation sites (tertiary alicyclic amines) is 1. The zero-order valence-electron chi connectivity index (χ0n) is 16.3. The predicted octanol–water partition coefficient (Wildman–Crippen LogP) is 3.02. The van der Waals surface area contributed by atoms with Crippen LogP contribution in [0.5, 0.6) is 0 Å². The molecule has 0 unspecified atom stereocenters. The van der Waals surface area contributed by atoms with E-state index in [0.29, 0.717) is 5.54 Å². The largest absolute Gasteiger partial charge is 0.483 e. The lowest BCUT2D eigenvalue weighted by atomic mass is 9.79. The van der Waals surface area contributed by atoms with Gasteiger partial charge in [0.05, 0.1) is 0 Å². The van der Waals surface area contributed by atoms with Gasteiger partial charge in [0.1, 0.15) is 0 Å². The van der Waals surface area contributed by atoms with Crippen molar-refractivity contribution in [3.8, 4) is 0 Å². The van der Waals surface area contributed by atoms with E-state index in [0.717, 1.165) is 6.04 Å². The van der Waals surface area contributed by atoms with Crippen molar-refractivity contribution in [1.29, 1.82) is 0 Å². The Labute approximate surface area is 172 Å². The Morgan fingerprint density at radius 2 is 1.37 bits per heavy atom. The Kier molecular flexibility index (Phi) is 14.1. The molecule has 1 aliphatic carbocycles. The molecule has 0 aromatic heterocycles. The molecule has 6 nitrogen and oxygen atoms in total. The van der Waals surface area contributed by atoms with Crippen molar-refractivity contribution in [1.82, 2.24) is 10.2 Å². The summed E-state index contributed by atoms with van der Waals surface area (Å²) in [7, 11) is 0. The normalized spacial score (nSPS) is 23.6. The summed E-state index contributed by atoms with van der Waals surface area (Å²) in [5.41, 5.74) is 0.500. The van der Waals surface area contributed by atoms with Crippen LogP contribution in [-0.4, -0.2) is 82.3 Å². The molecule has 2 saturated heterocycles. The van der Waals surface area contributed by atoms with Gasteiger partial charge in [-0.05, 0) is 38.8 Å². The molecule has 3 fully saturated rings. The minimum absolute atomic E-state index is 0.250. The fraction of sp³-hybridized carbons (Fsp3) is 0.895. The summed E-state index contributed by atoms with van der Waals surface area (Å²) in [5.74, 6) is 5.34. The number of hydrogen-bond donors (Lipinski definition) is 3. The lowest BCUT2D eigenvalue weighted by molar-refractivity contribution is -0.123. The summed E-state index contributed by atoms with van der Waals surface area (Å²) < 4.78 is 0. The molecule has 2 heterocycles. The van der Waals surface area contributed by atoms with Gasteiger partial charge in [0.2, 0.25) is 0 Å². The number of rotatable bonds is 4. The first-order chi connectivity index (χ1) is 13.2. The monoisotopic (exact) mass is 420 g/mol. The highest BCUT2D eigenvalue weighted by Gasteiger charge is 2.38. The second kappa shape index (κ2) is 15.5. The van der Waals surface area contributed by atoms with Gasteiger partial charge in [0.15, 0.2) is 0 Å². The van der Waals surface area contributed by atoms with Crippen LogP contribution >= 0.6 is 23.5 Å². The Hall–Kier alpha value is -0.440. The molecule has 3 N–H and O–H groups in total. The van der Waals surface area contributed by atoms with Crippen molar-refractivity contribution >= 4 is 36.5 Å². The average Bonchev–Trinajstić information content (AvgIpc) is 2.98. The SMILES string of the molecule is C1CCN(C2(CNC3CSCCSC3)CCCCC2)CC1.O=CO.O=CO. The van der Waals surface area contributed by atoms with Gasteiger partial charge in [-0.2, -0.15) is 23.5 Å². The summed E-state index contributed by atoms with van der Waals surface area (Å²) in [4.78, 5) is 19.6. The second-order valence-electron chi connectivity index (χ2n) is 7.27. The first-order valence-electron chi connectivity index (χ1n) is 10.0. The van der Waals surface area contributed by atoms with Crippen LogP contribution in [-0.2, 0) is 9.59 Å². The Morgan fingerprint density at radius 3 is 1.89 bits per heavy atom. The first kappa shape index (κ1) is 24.6. The van der Waals surface area contributed by atoms with Gasteiger partial charge in [0.25, 0.3) is 12.9 Å². The Bertz CT molecular complexity index is 376. The zero-order chi connectivity index (χ0) is 19.8. The first-order valence-corrected chi connectivity index (χ1v) is 12.3. The Balaban J connectivity index is 0.000000540. The number of carbonyl (C=O) groups is 2. The third-order valence-electron chi connectivity index (χ3n) is 5.54. The van der Waals surface area contributed by atoms with E-state index in [9.17, 15) is 0 Å². The van der Waals surface area contributed by atoms with Gasteiger partial charge in [-0.25, -0.2) is 0 Å². The smallest absolute Gasteiger partial charge is 0.290 e. The van der Waals surface area contributed by atoms with Gasteiger partial charge in [-0.3, -0.25) is 14.5 Å². The molecule has 0 radical (unpaired) electrons. The summed E-state index contributed by atoms with van der Waals surface area (Å²) in [6.45, 7) is 3.46. The van der Waals surface area contributed by atoms with E-state index < -0.39 is 0 Å². The zero-order valence-corrected chi connectivity index (χ0v) is 17.9. The molecule has 0 spiro atoms. The molecule has 1 saturated carbocycles. The van der Waals surface area contributed by atoms with Crippen LogP contribution in [0.3, 0.4) is 0 Å². The van der Waals surface area contributed by atoms with E-state index in [1.165, 1.54) is 94.0 Å². The molecule has 2 aliphatic heterocycles. The van der Waals surface area contributed by atoms with Crippen LogP contribution in [0.4, 0.5) is 0 Å². The number of nitrogens with zero attached hydrogens (tertiary/aromatic N) is 1. The van der Waals surface area contributed by atoms with Gasteiger partial charge in [-0.15, -0.1) is 0 Å². The standard InChI is InChI=1S/C17H32N2S2.2CH2O2/c1-3-7-17(8-4-1,19-9-5-2-6-10-19)15-18-16-13-20-11-12-21-14-16;2*2-1-3/h16,18H,1-15H2;2*1H,(H,2,3). The molecule has 8 heteroatoms. The van der Waals surface area contributed by atoms with Gasteiger partial charge in [-0.1, -0.05) is 25.7 Å². The second-order valence-corrected chi connectivity index (χ2v) is 9.57. The molecule has 0 aromatic rings. The number of nitrogens with one attached hydrogen (secondary N) is 1. The number of carboxylic acid groups (broad SMARTS) is 2. The number of hydrogen-bond acceptors (Lipinski definition) is 6. The Morgan fingerprint density at radius 1 is 0.889 bits per heavy atom. The lowest BCUT2D eigenvalue weighted by Gasteiger charge is -2.49. The maximum absolute atomic E-state index is 8.36. The van der Waals surface area contributed by atoms with E-state index in [1.54, 1.807) is 0 Å². The highest BCUT2D eigenvalue weighted by molar-refractivity contribution is 8.03. The molecule has 0 amide bonds. The summed E-state index contributed by atoms with van der Waals surface area (Å²) in [6, 6.07) is 0.742. The molecule has 0 aromatic carbocycles. The van der Waals surface area contributed by atoms with Crippen LogP contribution in [0.1, 0.15) is 51.4 Å². The quantitative estimate of drug-likeness (QED) is 0.598. The topological polar surface area (TPSA) is 89.9 Å². The summed E-state index contributed by atoms with van der Waals surface area (Å²) >= 11 is 4.30. The molecule has 158 valence electrons. The fourth-order valence-electron chi connectivity index (χ4n) is 4.25. The van der Waals surface area contributed by atoms with Crippen molar-refractivity contribution in [2.45, 2.75) is 62.9 Å². The molecule has 0 bridgehead atoms. The van der Waals surface area contributed by atoms with Crippen LogP contribution in [0.15, 0.2) is 0 Å². The van der Waals surface area contributed by atoms with Crippen molar-refractivity contribution in [3.05, 3.63) is 0 Å². The van der Waals surface area contributed by atoms with Crippen molar-refractivity contribution in [2.24, 2.45) is 0 Å². The highest BCUT2D eigenvalue weighted by atomic mass is 32.2. The van der Waals surface area contributed by atoms with Crippen LogP contribution < -0.4 is 5.32 Å². The van der Waals surface area contributed by atoms with Crippen LogP contribution in [0.2, 0.25) is 0 Å². The number of piperidine rings is 1. The minimum Gasteiger partial charge on any atom is -0.483 e. The van der Waals surface area contributed by atoms with Crippen LogP contribution in [0.25, 0.3) is 0 Å². The fourth-order valence-corrected chi connectivity index (χ4v) is 6.72. The summed E-state index contributed by atoms with van der Waals surface area (Å²) in [6.07, 6.45) is 11.5. The minimum atomic E-state index is -0.250. The van der Waals surface area contributed by atoms with Gasteiger partial charge >= 0.3 is 0 Å². The maximum atomic E-state index is 8.36. The summed E-state index contributed by atoms with van der Waals surface area (Å²) in [5, 5.41) is 17.8. The lowest BCUT2D eigenvalue weighted by Crippen LogP contribution is -2.59. The van der Waals surface area contributed by atoms with Crippen molar-refractivity contribution < 1.29 is 19.8 Å². The third kappa shape index (κ3) is 9.54. The van der Waals surface area contributed by atoms with Crippen LogP contribution in [0, 0.1) is 0 Å². The van der Waals surface area contributed by atoms with E-state index in [2.05, 4.69) is 33.7 Å². The van der Waals surface area contributed by atoms with E-state index >= 15 is 0 Å². The van der Waals surface area contributed by atoms with E-state index in [4.69, 9.17) is 19.8 Å². The molecule has 3 aliphatic rings. The maximum Gasteiger partial charge on any atom is 0.290 e. The van der Waals surface area contributed by atoms with Crippen molar-refractivity contribution in [2.75, 3.05) is 42.6 Å². The molecule has 0 atom stereocenters. The number of thioether (sulfide) groups is 2. The predicted molar refractivity (Wildman–Crippen MR) is 115 cm³/mol. The molecular weight excluding hydrogens is 384 g/mol. The molecule has 3 rings (SSSR count). The van der Waals surface area contributed by atoms with Gasteiger partial charge < -0.3 is 15.5 Å². The highest BCUT2D eigenvalue weighted by Crippen LogP contribution is 2.35. The van der Waals surface area contributed by atoms with Gasteiger partial charge in [0, 0.05) is 41.1 Å². The average molecular weight is 421 g/mol. The van der Waals surface area contributed by atoms with Crippen molar-refractivity contribution in [3.63, 3.8) is 0 Å². The molecule has 27 heavy (non-hydrogen) atoms. The third-order valence-corrected chi connectivity index (χ3v) is 8.06. The van der Waals surface area contributed by atoms with E-state index in [-0.39, 0.29) is 12.9 Å².